The highest BCUT2D eigenvalue weighted by Gasteiger charge is 2.13. The molecule has 0 saturated carbocycles. The van der Waals surface area contributed by atoms with Crippen LogP contribution in [0.25, 0.3) is 0 Å². The highest BCUT2D eigenvalue weighted by Crippen LogP contribution is 2.18. The number of fused-ring (bicyclic) bond motifs is 1. The maximum absolute atomic E-state index is 2.40. The highest BCUT2D eigenvalue weighted by molar-refractivity contribution is 5.24. The smallest absolute Gasteiger partial charge is 0.172 e. The predicted molar refractivity (Wildman–Crippen MR) is 101 cm³/mol. The van der Waals surface area contributed by atoms with Gasteiger partial charge in [-0.2, -0.15) is 0 Å². The Morgan fingerprint density at radius 1 is 0.800 bits per heavy atom. The molecule has 3 rings (SSSR count). The Morgan fingerprint density at radius 3 is 2.12 bits per heavy atom. The quantitative estimate of drug-likeness (QED) is 0.471. The van der Waals surface area contributed by atoms with E-state index in [0.717, 1.165) is 6.54 Å². The van der Waals surface area contributed by atoms with Crippen LogP contribution in [0.1, 0.15) is 67.7 Å². The van der Waals surface area contributed by atoms with Crippen LogP contribution in [0.4, 0.5) is 0 Å². The second-order valence-electron chi connectivity index (χ2n) is 7.32. The summed E-state index contributed by atoms with van der Waals surface area (Å²) in [5.74, 6) is 0. The van der Waals surface area contributed by atoms with Gasteiger partial charge in [0, 0.05) is 18.1 Å². The van der Waals surface area contributed by atoms with Crippen LogP contribution in [0.3, 0.4) is 0 Å². The summed E-state index contributed by atoms with van der Waals surface area (Å²) in [6.07, 6.45) is 17.5. The molecule has 0 amide bonds. The van der Waals surface area contributed by atoms with Crippen molar-refractivity contribution in [2.75, 3.05) is 0 Å². The molecule has 1 aromatic heterocycles. The normalized spacial score (nSPS) is 13.2. The number of pyridine rings is 1. The van der Waals surface area contributed by atoms with Gasteiger partial charge in [0.05, 0.1) is 0 Å². The van der Waals surface area contributed by atoms with Crippen LogP contribution in [0.5, 0.6) is 0 Å². The summed E-state index contributed by atoms with van der Waals surface area (Å²) in [5.41, 5.74) is 6.16. The molecule has 136 valence electrons. The number of halogens is 1. The van der Waals surface area contributed by atoms with Gasteiger partial charge in [0.1, 0.15) is 6.54 Å². The van der Waals surface area contributed by atoms with Gasteiger partial charge in [-0.1, -0.05) is 37.6 Å². The second kappa shape index (κ2) is 10.8. The molecule has 0 atom stereocenters. The Labute approximate surface area is 164 Å². The van der Waals surface area contributed by atoms with Crippen molar-refractivity contribution in [3.8, 4) is 0 Å². The summed E-state index contributed by atoms with van der Waals surface area (Å²) >= 11 is 0. The summed E-state index contributed by atoms with van der Waals surface area (Å²) in [5, 5.41) is 0. The van der Waals surface area contributed by atoms with Gasteiger partial charge in [-0.25, -0.2) is 4.57 Å². The fourth-order valence-corrected chi connectivity index (χ4v) is 3.73. The lowest BCUT2D eigenvalue weighted by atomic mass is 9.93. The van der Waals surface area contributed by atoms with E-state index in [9.17, 15) is 0 Å². The van der Waals surface area contributed by atoms with E-state index in [1.54, 1.807) is 11.1 Å². The molecule has 2 heteroatoms. The summed E-state index contributed by atoms with van der Waals surface area (Å²) in [6.45, 7) is 3.41. The number of benzene rings is 1. The molecular formula is C23H32BrN. The van der Waals surface area contributed by atoms with Crippen LogP contribution in [0, 0.1) is 0 Å². The maximum atomic E-state index is 2.40. The zero-order chi connectivity index (χ0) is 16.6. The molecule has 0 aliphatic heterocycles. The predicted octanol–water partition coefficient (Wildman–Crippen LogP) is 2.22. The monoisotopic (exact) mass is 401 g/mol. The number of aromatic nitrogens is 1. The van der Waals surface area contributed by atoms with Crippen LogP contribution in [-0.2, 0) is 32.2 Å². The third-order valence-electron chi connectivity index (χ3n) is 5.32. The van der Waals surface area contributed by atoms with Gasteiger partial charge in [-0.3, -0.25) is 0 Å². The first-order valence-corrected chi connectivity index (χ1v) is 9.94. The Morgan fingerprint density at radius 2 is 1.44 bits per heavy atom. The SMILES string of the molecule is CCCCc1ccc(CCCC[n+]2ccc3c(c2)CCCC3)cc1.[Br-]. The molecule has 2 aromatic rings. The lowest BCUT2D eigenvalue weighted by Crippen LogP contribution is -3.00. The molecule has 25 heavy (non-hydrogen) atoms. The molecule has 0 bridgehead atoms. The Hall–Kier alpha value is -1.15. The summed E-state index contributed by atoms with van der Waals surface area (Å²) in [6, 6.07) is 11.7. The average Bonchev–Trinajstić information content (AvgIpc) is 2.64. The largest absolute Gasteiger partial charge is 1.00 e. The number of unbranched alkanes of at least 4 members (excludes halogenated alkanes) is 2. The first-order chi connectivity index (χ1) is 11.8. The van der Waals surface area contributed by atoms with Crippen molar-refractivity contribution in [1.82, 2.24) is 0 Å². The minimum atomic E-state index is 0. The van der Waals surface area contributed by atoms with Gasteiger partial charge in [-0.15, -0.1) is 0 Å². The van der Waals surface area contributed by atoms with Crippen molar-refractivity contribution in [3.05, 3.63) is 65.0 Å². The van der Waals surface area contributed by atoms with E-state index in [0.29, 0.717) is 0 Å². The molecule has 1 heterocycles. The molecule has 0 N–H and O–H groups in total. The molecule has 0 fully saturated rings. The minimum Gasteiger partial charge on any atom is -1.00 e. The third kappa shape index (κ3) is 6.26. The van der Waals surface area contributed by atoms with Gasteiger partial charge in [0.15, 0.2) is 12.4 Å². The van der Waals surface area contributed by atoms with Crippen molar-refractivity contribution < 1.29 is 21.5 Å². The topological polar surface area (TPSA) is 3.88 Å². The number of hydrogen-bond acceptors (Lipinski definition) is 0. The Kier molecular flexibility index (Phi) is 8.67. The van der Waals surface area contributed by atoms with Crippen LogP contribution in [-0.4, -0.2) is 0 Å². The van der Waals surface area contributed by atoms with Gasteiger partial charge >= 0.3 is 0 Å². The standard InChI is InChI=1S/C23H32N.BrH/c1-2-3-8-20-12-14-21(15-13-20)9-6-7-17-24-18-16-22-10-4-5-11-23(22)19-24;/h12-16,18-19H,2-11,17H2,1H3;1H/q+1;/p-1. The summed E-state index contributed by atoms with van der Waals surface area (Å²) in [7, 11) is 0. The van der Waals surface area contributed by atoms with Crippen molar-refractivity contribution in [3.63, 3.8) is 0 Å². The molecule has 1 nitrogen and oxygen atoms in total. The minimum absolute atomic E-state index is 0. The van der Waals surface area contributed by atoms with Gasteiger partial charge in [0.25, 0.3) is 0 Å². The Balaban J connectivity index is 0.00000225. The first kappa shape index (κ1) is 20.2. The molecule has 0 radical (unpaired) electrons. The van der Waals surface area contributed by atoms with Crippen molar-refractivity contribution in [2.45, 2.75) is 77.7 Å². The number of aryl methyl sites for hydroxylation is 5. The fourth-order valence-electron chi connectivity index (χ4n) is 3.73. The van der Waals surface area contributed by atoms with Crippen LogP contribution >= 0.6 is 0 Å². The van der Waals surface area contributed by atoms with E-state index >= 15 is 0 Å². The van der Waals surface area contributed by atoms with E-state index in [1.165, 1.54) is 75.3 Å². The van der Waals surface area contributed by atoms with Crippen LogP contribution < -0.4 is 21.5 Å². The molecule has 0 spiro atoms. The summed E-state index contributed by atoms with van der Waals surface area (Å²) in [4.78, 5) is 0. The molecule has 0 unspecified atom stereocenters. The zero-order valence-corrected chi connectivity index (χ0v) is 17.2. The second-order valence-corrected chi connectivity index (χ2v) is 7.32. The number of rotatable bonds is 8. The lowest BCUT2D eigenvalue weighted by Gasteiger charge is -2.13. The Bertz CT molecular complexity index is 633. The van der Waals surface area contributed by atoms with E-state index in [4.69, 9.17) is 0 Å². The fraction of sp³-hybridized carbons (Fsp3) is 0.522. The molecule has 0 saturated heterocycles. The molecule has 1 aliphatic rings. The van der Waals surface area contributed by atoms with Crippen molar-refractivity contribution in [1.29, 1.82) is 0 Å². The molecule has 1 aromatic carbocycles. The molecular weight excluding hydrogens is 370 g/mol. The van der Waals surface area contributed by atoms with Gasteiger partial charge in [0.2, 0.25) is 0 Å². The van der Waals surface area contributed by atoms with E-state index in [-0.39, 0.29) is 17.0 Å². The maximum Gasteiger partial charge on any atom is 0.172 e. The zero-order valence-electron chi connectivity index (χ0n) is 15.6. The van der Waals surface area contributed by atoms with Crippen molar-refractivity contribution in [2.24, 2.45) is 0 Å². The van der Waals surface area contributed by atoms with Gasteiger partial charge in [-0.05, 0) is 68.1 Å². The average molecular weight is 402 g/mol. The lowest BCUT2D eigenvalue weighted by molar-refractivity contribution is -0.697. The number of nitrogens with zero attached hydrogens (tertiary/aromatic N) is 1. The highest BCUT2D eigenvalue weighted by atomic mass is 79.9. The van der Waals surface area contributed by atoms with E-state index in [2.05, 4.69) is 54.2 Å². The summed E-state index contributed by atoms with van der Waals surface area (Å²) < 4.78 is 2.40. The van der Waals surface area contributed by atoms with Crippen molar-refractivity contribution >= 4 is 0 Å². The third-order valence-corrected chi connectivity index (χ3v) is 5.32. The van der Waals surface area contributed by atoms with Crippen LogP contribution in [0.15, 0.2) is 42.7 Å². The van der Waals surface area contributed by atoms with Gasteiger partial charge < -0.3 is 17.0 Å². The number of hydrogen-bond donors (Lipinski definition) is 0. The van der Waals surface area contributed by atoms with E-state index in [1.807, 2.05) is 0 Å². The van der Waals surface area contributed by atoms with Crippen LogP contribution in [0.2, 0.25) is 0 Å². The first-order valence-electron chi connectivity index (χ1n) is 9.94. The van der Waals surface area contributed by atoms with E-state index < -0.39 is 0 Å². The molecule has 1 aliphatic carbocycles.